The van der Waals surface area contributed by atoms with Crippen molar-refractivity contribution in [2.75, 3.05) is 6.54 Å². The van der Waals surface area contributed by atoms with E-state index in [2.05, 4.69) is 5.32 Å². The molecule has 0 spiro atoms. The van der Waals surface area contributed by atoms with Crippen LogP contribution in [-0.4, -0.2) is 28.5 Å². The summed E-state index contributed by atoms with van der Waals surface area (Å²) < 4.78 is 13.4. The van der Waals surface area contributed by atoms with Gasteiger partial charge in [-0.3, -0.25) is 19.3 Å². The maximum absolute atomic E-state index is 13.4. The van der Waals surface area contributed by atoms with Gasteiger partial charge in [0, 0.05) is 12.1 Å². The van der Waals surface area contributed by atoms with E-state index in [0.717, 1.165) is 28.6 Å². The Bertz CT molecular complexity index is 1210. The maximum atomic E-state index is 13.4. The van der Waals surface area contributed by atoms with Crippen LogP contribution in [0.1, 0.15) is 27.0 Å². The Morgan fingerprint density at radius 1 is 0.939 bits per heavy atom. The Labute approximate surface area is 195 Å². The molecule has 7 heteroatoms. The molecule has 0 saturated carbocycles. The molecule has 4 rings (SSSR count). The zero-order valence-electron chi connectivity index (χ0n) is 17.7. The highest BCUT2D eigenvalue weighted by atomic mass is 32.2. The number of thioether (sulfide) groups is 1. The van der Waals surface area contributed by atoms with Gasteiger partial charge >= 0.3 is 0 Å². The van der Waals surface area contributed by atoms with Gasteiger partial charge in [0.15, 0.2) is 0 Å². The Kier molecular flexibility index (Phi) is 7.00. The molecule has 1 aliphatic rings. The van der Waals surface area contributed by atoms with Gasteiger partial charge in [-0.2, -0.15) is 0 Å². The van der Waals surface area contributed by atoms with E-state index in [4.69, 9.17) is 0 Å². The first-order valence-corrected chi connectivity index (χ1v) is 11.2. The van der Waals surface area contributed by atoms with Crippen molar-refractivity contribution in [2.24, 2.45) is 0 Å². The zero-order chi connectivity index (χ0) is 23.2. The van der Waals surface area contributed by atoms with E-state index in [9.17, 15) is 18.8 Å². The summed E-state index contributed by atoms with van der Waals surface area (Å²) in [6.07, 6.45) is 2.36. The fourth-order valence-corrected chi connectivity index (χ4v) is 4.24. The molecule has 0 aromatic heterocycles. The van der Waals surface area contributed by atoms with Crippen LogP contribution in [0.25, 0.3) is 6.08 Å². The molecule has 1 fully saturated rings. The van der Waals surface area contributed by atoms with Crippen molar-refractivity contribution in [1.82, 2.24) is 10.2 Å². The van der Waals surface area contributed by atoms with E-state index in [-0.39, 0.29) is 17.4 Å². The molecule has 0 aliphatic carbocycles. The normalized spacial score (nSPS) is 14.7. The second-order valence-corrected chi connectivity index (χ2v) is 8.50. The summed E-state index contributed by atoms with van der Waals surface area (Å²) >= 11 is 0.845. The van der Waals surface area contributed by atoms with Crippen molar-refractivity contribution in [2.45, 2.75) is 13.0 Å². The van der Waals surface area contributed by atoms with E-state index in [0.29, 0.717) is 23.2 Å². The zero-order valence-corrected chi connectivity index (χ0v) is 18.5. The molecule has 0 bridgehead atoms. The van der Waals surface area contributed by atoms with Crippen LogP contribution in [-0.2, 0) is 17.8 Å². The summed E-state index contributed by atoms with van der Waals surface area (Å²) in [5.41, 5.74) is 2.91. The smallest absolute Gasteiger partial charge is 0.293 e. The molecule has 5 nitrogen and oxygen atoms in total. The van der Waals surface area contributed by atoms with E-state index >= 15 is 0 Å². The van der Waals surface area contributed by atoms with Gasteiger partial charge in [-0.25, -0.2) is 4.39 Å². The van der Waals surface area contributed by atoms with E-state index in [1.54, 1.807) is 42.5 Å². The summed E-state index contributed by atoms with van der Waals surface area (Å²) in [7, 11) is 0. The predicted octanol–water partition coefficient (Wildman–Crippen LogP) is 5.03. The average molecular weight is 461 g/mol. The van der Waals surface area contributed by atoms with Gasteiger partial charge in [0.2, 0.25) is 0 Å². The first-order valence-electron chi connectivity index (χ1n) is 10.4. The van der Waals surface area contributed by atoms with Crippen LogP contribution >= 0.6 is 11.8 Å². The van der Waals surface area contributed by atoms with Crippen molar-refractivity contribution in [3.05, 3.63) is 112 Å². The Morgan fingerprint density at radius 3 is 2.39 bits per heavy atom. The number of nitrogens with zero attached hydrogens (tertiary/aromatic N) is 1. The number of imide groups is 1. The van der Waals surface area contributed by atoms with Crippen molar-refractivity contribution in [3.63, 3.8) is 0 Å². The Balaban J connectivity index is 1.36. The fraction of sp³-hybridized carbons (Fsp3) is 0.115. The Hall–Kier alpha value is -3.71. The Morgan fingerprint density at radius 2 is 1.67 bits per heavy atom. The summed E-state index contributed by atoms with van der Waals surface area (Å²) in [6, 6.07) is 22.5. The van der Waals surface area contributed by atoms with Crippen LogP contribution in [0.4, 0.5) is 9.18 Å². The number of hydrogen-bond donors (Lipinski definition) is 1. The number of carbonyl (C=O) groups excluding carboxylic acids is 3. The number of rotatable bonds is 7. The van der Waals surface area contributed by atoms with E-state index in [1.807, 2.05) is 30.3 Å². The summed E-state index contributed by atoms with van der Waals surface area (Å²) in [5.74, 6) is -1.01. The van der Waals surface area contributed by atoms with Crippen molar-refractivity contribution in [3.8, 4) is 0 Å². The van der Waals surface area contributed by atoms with Crippen LogP contribution in [0.3, 0.4) is 0 Å². The summed E-state index contributed by atoms with van der Waals surface area (Å²) in [6.45, 7) is 0.547. The van der Waals surface area contributed by atoms with Gasteiger partial charge in [0.25, 0.3) is 17.1 Å². The number of amides is 3. The molecule has 0 unspecified atom stereocenters. The summed E-state index contributed by atoms with van der Waals surface area (Å²) in [5, 5.41) is 2.50. The molecule has 1 saturated heterocycles. The third kappa shape index (κ3) is 5.75. The second kappa shape index (κ2) is 10.3. The first kappa shape index (κ1) is 22.5. The van der Waals surface area contributed by atoms with Crippen LogP contribution < -0.4 is 5.32 Å². The third-order valence-corrected chi connectivity index (χ3v) is 6.02. The molecular formula is C26H21FN2O3S. The average Bonchev–Trinajstić information content (AvgIpc) is 3.07. The molecule has 1 N–H and O–H groups in total. The molecule has 1 aliphatic heterocycles. The van der Waals surface area contributed by atoms with Gasteiger partial charge in [0.05, 0.1) is 11.4 Å². The van der Waals surface area contributed by atoms with Crippen LogP contribution in [0, 0.1) is 5.82 Å². The molecule has 1 heterocycles. The van der Waals surface area contributed by atoms with Gasteiger partial charge in [-0.1, -0.05) is 54.6 Å². The minimum Gasteiger partial charge on any atom is -0.352 e. The van der Waals surface area contributed by atoms with Gasteiger partial charge in [-0.05, 0) is 65.2 Å². The van der Waals surface area contributed by atoms with Crippen LogP contribution in [0.5, 0.6) is 0 Å². The minimum atomic E-state index is -0.419. The highest BCUT2D eigenvalue weighted by Crippen LogP contribution is 2.33. The van der Waals surface area contributed by atoms with Gasteiger partial charge in [0.1, 0.15) is 5.82 Å². The van der Waals surface area contributed by atoms with Gasteiger partial charge in [-0.15, -0.1) is 0 Å². The predicted molar refractivity (Wildman–Crippen MR) is 127 cm³/mol. The first-order chi connectivity index (χ1) is 16.0. The largest absolute Gasteiger partial charge is 0.352 e. The number of hydrogen-bond acceptors (Lipinski definition) is 4. The van der Waals surface area contributed by atoms with Crippen LogP contribution in [0.15, 0.2) is 83.8 Å². The number of nitrogens with one attached hydrogen (secondary N) is 1. The minimum absolute atomic E-state index is 0.0157. The topological polar surface area (TPSA) is 66.5 Å². The monoisotopic (exact) mass is 460 g/mol. The number of carbonyl (C=O) groups is 3. The second-order valence-electron chi connectivity index (χ2n) is 7.51. The van der Waals surface area contributed by atoms with E-state index in [1.165, 1.54) is 12.1 Å². The molecule has 0 radical (unpaired) electrons. The third-order valence-electron chi connectivity index (χ3n) is 5.12. The van der Waals surface area contributed by atoms with Crippen molar-refractivity contribution >= 4 is 34.9 Å². The molecule has 0 atom stereocenters. The molecule has 3 amide bonds. The fourth-order valence-electron chi connectivity index (χ4n) is 3.40. The lowest BCUT2D eigenvalue weighted by atomic mass is 10.1. The molecule has 33 heavy (non-hydrogen) atoms. The quantitative estimate of drug-likeness (QED) is 0.502. The lowest BCUT2D eigenvalue weighted by Crippen LogP contribution is -2.27. The lowest BCUT2D eigenvalue weighted by Gasteiger charge is -2.12. The van der Waals surface area contributed by atoms with Gasteiger partial charge < -0.3 is 5.32 Å². The van der Waals surface area contributed by atoms with Crippen LogP contribution in [0.2, 0.25) is 0 Å². The van der Waals surface area contributed by atoms with Crippen molar-refractivity contribution in [1.29, 1.82) is 0 Å². The molecule has 166 valence electrons. The van der Waals surface area contributed by atoms with Crippen molar-refractivity contribution < 1.29 is 18.8 Å². The standard InChI is InChI=1S/C26H21FN2O3S/c27-22-8-4-7-20(15-22)17-29-25(31)23(33-26(29)32)16-19-9-11-21(12-10-19)24(30)28-14-13-18-5-2-1-3-6-18/h1-12,15-16H,13-14,17H2,(H,28,30)/b23-16-. The maximum Gasteiger partial charge on any atom is 0.293 e. The SMILES string of the molecule is O=C(NCCc1ccccc1)c1ccc(/C=C2\SC(=O)N(Cc3cccc(F)c3)C2=O)cc1. The number of halogens is 1. The molecular weight excluding hydrogens is 439 g/mol. The lowest BCUT2D eigenvalue weighted by molar-refractivity contribution is -0.123. The highest BCUT2D eigenvalue weighted by molar-refractivity contribution is 8.18. The van der Waals surface area contributed by atoms with E-state index < -0.39 is 17.0 Å². The molecule has 3 aromatic rings. The highest BCUT2D eigenvalue weighted by Gasteiger charge is 2.35. The summed E-state index contributed by atoms with van der Waals surface area (Å²) in [4.78, 5) is 38.7. The number of benzene rings is 3. The molecule has 3 aromatic carbocycles.